The van der Waals surface area contributed by atoms with E-state index in [1.165, 1.54) is 5.56 Å². The first kappa shape index (κ1) is 19.2. The Morgan fingerprint density at radius 1 is 1.16 bits per heavy atom. The molecule has 1 fully saturated rings. The topological polar surface area (TPSA) is 61.9 Å². The van der Waals surface area contributed by atoms with Gasteiger partial charge in [0, 0.05) is 32.2 Å². The highest BCUT2D eigenvalue weighted by Gasteiger charge is 2.23. The van der Waals surface area contributed by atoms with E-state index in [2.05, 4.69) is 22.3 Å². The second-order valence-corrected chi connectivity index (χ2v) is 6.45. The molecule has 2 amide bonds. The number of aryl methyl sites for hydroxylation is 1. The van der Waals surface area contributed by atoms with Gasteiger partial charge in [-0.25, -0.2) is 4.79 Å². The van der Waals surface area contributed by atoms with Crippen molar-refractivity contribution in [2.45, 2.75) is 32.7 Å². The third kappa shape index (κ3) is 6.74. The lowest BCUT2D eigenvalue weighted by molar-refractivity contribution is -0.123. The fraction of sp³-hybridized carbons (Fsp3) is 0.579. The standard InChI is InChI=1S/C19H29N3O3/c1-3-25-19(24)22-13-11-21(12-14-22)15-18(23)20-16(2)9-10-17-7-5-4-6-8-17/h4-8,16H,3,9-15H2,1-2H3,(H,20,23)/t16-/m1/s1. The van der Waals surface area contributed by atoms with Crippen LogP contribution >= 0.6 is 0 Å². The molecule has 2 rings (SSSR count). The summed E-state index contributed by atoms with van der Waals surface area (Å²) in [7, 11) is 0. The fourth-order valence-corrected chi connectivity index (χ4v) is 2.93. The highest BCUT2D eigenvalue weighted by atomic mass is 16.6. The average molecular weight is 347 g/mol. The molecule has 0 spiro atoms. The van der Waals surface area contributed by atoms with Gasteiger partial charge in [-0.05, 0) is 32.3 Å². The van der Waals surface area contributed by atoms with Gasteiger partial charge in [0.05, 0.1) is 13.2 Å². The molecule has 0 unspecified atom stereocenters. The zero-order valence-electron chi connectivity index (χ0n) is 15.2. The minimum Gasteiger partial charge on any atom is -0.450 e. The van der Waals surface area contributed by atoms with Crippen LogP contribution < -0.4 is 5.32 Å². The van der Waals surface area contributed by atoms with Gasteiger partial charge in [-0.15, -0.1) is 0 Å². The van der Waals surface area contributed by atoms with Crippen molar-refractivity contribution in [3.8, 4) is 0 Å². The zero-order chi connectivity index (χ0) is 18.1. The van der Waals surface area contributed by atoms with Crippen LogP contribution in [-0.4, -0.2) is 67.2 Å². The summed E-state index contributed by atoms with van der Waals surface area (Å²) in [5.41, 5.74) is 1.29. The van der Waals surface area contributed by atoms with Crippen LogP contribution in [0, 0.1) is 0 Å². The summed E-state index contributed by atoms with van der Waals surface area (Å²) < 4.78 is 5.00. The highest BCUT2D eigenvalue weighted by Crippen LogP contribution is 2.06. The van der Waals surface area contributed by atoms with Crippen LogP contribution in [0.5, 0.6) is 0 Å². The summed E-state index contributed by atoms with van der Waals surface area (Å²) in [4.78, 5) is 27.6. The number of carbonyl (C=O) groups is 2. The number of benzene rings is 1. The van der Waals surface area contributed by atoms with Crippen molar-refractivity contribution < 1.29 is 14.3 Å². The van der Waals surface area contributed by atoms with Crippen LogP contribution in [0.3, 0.4) is 0 Å². The van der Waals surface area contributed by atoms with Crippen molar-refractivity contribution in [3.05, 3.63) is 35.9 Å². The summed E-state index contributed by atoms with van der Waals surface area (Å²) in [6.45, 7) is 7.23. The number of carbonyl (C=O) groups excluding carboxylic acids is 2. The first-order valence-corrected chi connectivity index (χ1v) is 9.05. The van der Waals surface area contributed by atoms with E-state index in [1.807, 2.05) is 25.1 Å². The van der Waals surface area contributed by atoms with Gasteiger partial charge >= 0.3 is 6.09 Å². The molecule has 0 aliphatic carbocycles. The van der Waals surface area contributed by atoms with Crippen molar-refractivity contribution in [1.82, 2.24) is 15.1 Å². The minimum atomic E-state index is -0.263. The molecule has 0 radical (unpaired) electrons. The molecule has 0 bridgehead atoms. The van der Waals surface area contributed by atoms with Gasteiger partial charge < -0.3 is 15.0 Å². The smallest absolute Gasteiger partial charge is 0.409 e. The molecule has 1 aromatic rings. The Morgan fingerprint density at radius 2 is 1.84 bits per heavy atom. The van der Waals surface area contributed by atoms with Gasteiger partial charge in [0.2, 0.25) is 5.91 Å². The normalized spacial score (nSPS) is 16.3. The molecular formula is C19H29N3O3. The Hall–Kier alpha value is -2.08. The van der Waals surface area contributed by atoms with E-state index in [0.717, 1.165) is 12.8 Å². The van der Waals surface area contributed by atoms with Gasteiger partial charge in [0.15, 0.2) is 0 Å². The Morgan fingerprint density at radius 3 is 2.48 bits per heavy atom. The number of hydrogen-bond donors (Lipinski definition) is 1. The maximum atomic E-state index is 12.2. The Bertz CT molecular complexity index is 542. The molecule has 1 N–H and O–H groups in total. The quantitative estimate of drug-likeness (QED) is 0.818. The molecule has 1 aromatic carbocycles. The highest BCUT2D eigenvalue weighted by molar-refractivity contribution is 5.78. The van der Waals surface area contributed by atoms with Gasteiger partial charge in [0.25, 0.3) is 0 Å². The summed E-state index contributed by atoms with van der Waals surface area (Å²) in [6.07, 6.45) is 1.62. The van der Waals surface area contributed by atoms with Crippen LogP contribution in [-0.2, 0) is 16.0 Å². The lowest BCUT2D eigenvalue weighted by Gasteiger charge is -2.33. The maximum Gasteiger partial charge on any atom is 0.409 e. The molecule has 1 heterocycles. The number of ether oxygens (including phenoxy) is 1. The molecule has 1 saturated heterocycles. The number of rotatable bonds is 7. The number of hydrogen-bond acceptors (Lipinski definition) is 4. The van der Waals surface area contributed by atoms with Gasteiger partial charge in [0.1, 0.15) is 0 Å². The largest absolute Gasteiger partial charge is 0.450 e. The monoisotopic (exact) mass is 347 g/mol. The fourth-order valence-electron chi connectivity index (χ4n) is 2.93. The molecule has 0 aromatic heterocycles. The second kappa shape index (κ2) is 10.0. The van der Waals surface area contributed by atoms with E-state index in [-0.39, 0.29) is 18.0 Å². The Balaban J connectivity index is 1.64. The molecule has 6 nitrogen and oxygen atoms in total. The van der Waals surface area contributed by atoms with Gasteiger partial charge in [-0.3, -0.25) is 9.69 Å². The van der Waals surface area contributed by atoms with Gasteiger partial charge in [-0.1, -0.05) is 30.3 Å². The first-order valence-electron chi connectivity index (χ1n) is 9.05. The zero-order valence-corrected chi connectivity index (χ0v) is 15.2. The lowest BCUT2D eigenvalue weighted by atomic mass is 10.1. The lowest BCUT2D eigenvalue weighted by Crippen LogP contribution is -2.51. The summed E-state index contributed by atoms with van der Waals surface area (Å²) in [6, 6.07) is 10.4. The molecule has 1 aliphatic rings. The van der Waals surface area contributed by atoms with Crippen molar-refractivity contribution in [1.29, 1.82) is 0 Å². The number of nitrogens with zero attached hydrogens (tertiary/aromatic N) is 2. The van der Waals surface area contributed by atoms with E-state index in [1.54, 1.807) is 11.8 Å². The first-order chi connectivity index (χ1) is 12.1. The maximum absolute atomic E-state index is 12.2. The summed E-state index contributed by atoms with van der Waals surface area (Å²) >= 11 is 0. The average Bonchev–Trinajstić information content (AvgIpc) is 2.61. The summed E-state index contributed by atoms with van der Waals surface area (Å²) in [5, 5.41) is 3.07. The molecule has 6 heteroatoms. The molecule has 1 aliphatic heterocycles. The van der Waals surface area contributed by atoms with E-state index in [4.69, 9.17) is 4.74 Å². The molecule has 138 valence electrons. The molecule has 0 saturated carbocycles. The third-order valence-corrected chi connectivity index (χ3v) is 4.38. The Kier molecular flexibility index (Phi) is 7.73. The molecule has 1 atom stereocenters. The Labute approximate surface area is 150 Å². The van der Waals surface area contributed by atoms with Crippen molar-refractivity contribution >= 4 is 12.0 Å². The molecular weight excluding hydrogens is 318 g/mol. The van der Waals surface area contributed by atoms with E-state index < -0.39 is 0 Å². The number of piperazine rings is 1. The predicted molar refractivity (Wildman–Crippen MR) is 97.4 cm³/mol. The predicted octanol–water partition coefficient (Wildman–Crippen LogP) is 1.90. The van der Waals surface area contributed by atoms with Crippen LogP contribution in [0.15, 0.2) is 30.3 Å². The molecule has 25 heavy (non-hydrogen) atoms. The van der Waals surface area contributed by atoms with Crippen LogP contribution in [0.1, 0.15) is 25.8 Å². The van der Waals surface area contributed by atoms with E-state index in [9.17, 15) is 9.59 Å². The van der Waals surface area contributed by atoms with E-state index >= 15 is 0 Å². The van der Waals surface area contributed by atoms with Crippen molar-refractivity contribution in [2.24, 2.45) is 0 Å². The van der Waals surface area contributed by atoms with Crippen LogP contribution in [0.25, 0.3) is 0 Å². The van der Waals surface area contributed by atoms with Crippen molar-refractivity contribution in [2.75, 3.05) is 39.3 Å². The van der Waals surface area contributed by atoms with E-state index in [0.29, 0.717) is 39.3 Å². The van der Waals surface area contributed by atoms with Gasteiger partial charge in [-0.2, -0.15) is 0 Å². The second-order valence-electron chi connectivity index (χ2n) is 6.45. The van der Waals surface area contributed by atoms with Crippen molar-refractivity contribution in [3.63, 3.8) is 0 Å². The summed E-state index contributed by atoms with van der Waals surface area (Å²) in [5.74, 6) is 0.0464. The number of nitrogens with one attached hydrogen (secondary N) is 1. The third-order valence-electron chi connectivity index (χ3n) is 4.38. The minimum absolute atomic E-state index is 0.0464. The van der Waals surface area contributed by atoms with Crippen LogP contribution in [0.2, 0.25) is 0 Å². The van der Waals surface area contributed by atoms with Crippen LogP contribution in [0.4, 0.5) is 4.79 Å². The number of amides is 2. The SMILES string of the molecule is CCOC(=O)N1CCN(CC(=O)N[C@H](C)CCc2ccccc2)CC1.